The summed E-state index contributed by atoms with van der Waals surface area (Å²) in [6.07, 6.45) is -0.769. The maximum Gasteiger partial charge on any atom is 0.319 e. The molecular formula is C14H15FN2O2S. The smallest absolute Gasteiger partial charge is 0.319 e. The van der Waals surface area contributed by atoms with E-state index in [-0.39, 0.29) is 12.2 Å². The molecule has 0 radical (unpaired) electrons. The molecule has 1 heterocycles. The Morgan fingerprint density at radius 3 is 2.95 bits per heavy atom. The number of nitrogens with one attached hydrogen (secondary N) is 2. The van der Waals surface area contributed by atoms with E-state index in [4.69, 9.17) is 0 Å². The number of hydrogen-bond acceptors (Lipinski definition) is 3. The topological polar surface area (TPSA) is 61.4 Å². The van der Waals surface area contributed by atoms with Crippen LogP contribution in [0.4, 0.5) is 14.9 Å². The highest BCUT2D eigenvalue weighted by Gasteiger charge is 2.11. The number of amides is 2. The summed E-state index contributed by atoms with van der Waals surface area (Å²) in [5.74, 6) is -0.496. The third-order valence-corrected chi connectivity index (χ3v) is 3.46. The maximum absolute atomic E-state index is 13.5. The monoisotopic (exact) mass is 294 g/mol. The van der Waals surface area contributed by atoms with Gasteiger partial charge in [0.25, 0.3) is 0 Å². The molecule has 0 saturated carbocycles. The van der Waals surface area contributed by atoms with Crippen LogP contribution in [0.3, 0.4) is 0 Å². The second-order valence-corrected chi connectivity index (χ2v) is 5.17. The molecule has 2 aromatic rings. The number of urea groups is 1. The van der Waals surface area contributed by atoms with Gasteiger partial charge < -0.3 is 15.7 Å². The molecular weight excluding hydrogens is 279 g/mol. The third-order valence-electron chi connectivity index (χ3n) is 2.75. The fourth-order valence-corrected chi connectivity index (χ4v) is 2.38. The number of aryl methyl sites for hydroxylation is 1. The molecule has 1 atom stereocenters. The van der Waals surface area contributed by atoms with Gasteiger partial charge in [-0.25, -0.2) is 9.18 Å². The van der Waals surface area contributed by atoms with E-state index in [1.807, 2.05) is 17.7 Å². The van der Waals surface area contributed by atoms with Crippen LogP contribution in [-0.4, -0.2) is 17.7 Å². The van der Waals surface area contributed by atoms with E-state index < -0.39 is 18.0 Å². The number of aliphatic hydroxyl groups is 1. The zero-order chi connectivity index (χ0) is 14.5. The molecule has 2 rings (SSSR count). The summed E-state index contributed by atoms with van der Waals surface area (Å²) >= 11 is 1.47. The normalized spacial score (nSPS) is 11.9. The summed E-state index contributed by atoms with van der Waals surface area (Å²) in [5.41, 5.74) is 1.71. The lowest BCUT2D eigenvalue weighted by Crippen LogP contribution is -2.32. The molecule has 4 nitrogen and oxygen atoms in total. The fraction of sp³-hybridized carbons (Fsp3) is 0.214. The summed E-state index contributed by atoms with van der Waals surface area (Å²) in [5, 5.41) is 18.4. The Morgan fingerprint density at radius 2 is 2.25 bits per heavy atom. The molecule has 0 aliphatic heterocycles. The molecule has 1 aromatic heterocycles. The molecule has 0 bridgehead atoms. The molecule has 106 valence electrons. The van der Waals surface area contributed by atoms with Crippen LogP contribution in [0.2, 0.25) is 0 Å². The first-order valence-corrected chi connectivity index (χ1v) is 7.01. The number of benzene rings is 1. The first kappa shape index (κ1) is 14.5. The summed E-state index contributed by atoms with van der Waals surface area (Å²) in [7, 11) is 0. The fourth-order valence-electron chi connectivity index (χ4n) is 1.67. The highest BCUT2D eigenvalue weighted by molar-refractivity contribution is 7.07. The molecule has 0 fully saturated rings. The van der Waals surface area contributed by atoms with Gasteiger partial charge in [-0.2, -0.15) is 11.3 Å². The van der Waals surface area contributed by atoms with Crippen molar-refractivity contribution in [2.75, 3.05) is 11.9 Å². The minimum absolute atomic E-state index is 0.0655. The van der Waals surface area contributed by atoms with E-state index >= 15 is 0 Å². The van der Waals surface area contributed by atoms with E-state index in [0.717, 1.165) is 11.1 Å². The summed E-state index contributed by atoms with van der Waals surface area (Å²) in [6.45, 7) is 1.87. The van der Waals surface area contributed by atoms with Crippen molar-refractivity contribution in [2.24, 2.45) is 0 Å². The summed E-state index contributed by atoms with van der Waals surface area (Å²) < 4.78 is 13.5. The van der Waals surface area contributed by atoms with Crippen LogP contribution in [0.1, 0.15) is 17.2 Å². The SMILES string of the molecule is Cc1ccc(F)c(NC(=O)NCC(O)c2ccsc2)c1. The Bertz CT molecular complexity index is 587. The molecule has 20 heavy (non-hydrogen) atoms. The van der Waals surface area contributed by atoms with Crippen LogP contribution in [0.15, 0.2) is 35.0 Å². The maximum atomic E-state index is 13.5. The van der Waals surface area contributed by atoms with Crippen molar-refractivity contribution in [1.29, 1.82) is 0 Å². The largest absolute Gasteiger partial charge is 0.387 e. The standard InChI is InChI=1S/C14H15FN2O2S/c1-9-2-3-11(15)12(6-9)17-14(19)16-7-13(18)10-4-5-20-8-10/h2-6,8,13,18H,7H2,1H3,(H2,16,17,19). The number of carbonyl (C=O) groups excluding carboxylic acids is 1. The average Bonchev–Trinajstić information content (AvgIpc) is 2.94. The van der Waals surface area contributed by atoms with Gasteiger partial charge in [0.2, 0.25) is 0 Å². The van der Waals surface area contributed by atoms with Crippen molar-refractivity contribution in [3.05, 3.63) is 52.0 Å². The number of rotatable bonds is 4. The predicted molar refractivity (Wildman–Crippen MR) is 77.4 cm³/mol. The Morgan fingerprint density at radius 1 is 1.45 bits per heavy atom. The minimum Gasteiger partial charge on any atom is -0.387 e. The summed E-state index contributed by atoms with van der Waals surface area (Å²) in [4.78, 5) is 11.7. The number of hydrogen-bond donors (Lipinski definition) is 3. The minimum atomic E-state index is -0.769. The lowest BCUT2D eigenvalue weighted by Gasteiger charge is -2.12. The number of thiophene rings is 1. The van der Waals surface area contributed by atoms with Gasteiger partial charge in [0.05, 0.1) is 11.8 Å². The van der Waals surface area contributed by atoms with E-state index in [2.05, 4.69) is 10.6 Å². The van der Waals surface area contributed by atoms with Crippen molar-refractivity contribution in [2.45, 2.75) is 13.0 Å². The Labute approximate surface area is 120 Å². The van der Waals surface area contributed by atoms with E-state index in [1.54, 1.807) is 18.2 Å². The van der Waals surface area contributed by atoms with Crippen molar-refractivity contribution >= 4 is 23.1 Å². The quantitative estimate of drug-likeness (QED) is 0.811. The van der Waals surface area contributed by atoms with Gasteiger partial charge in [-0.3, -0.25) is 0 Å². The second kappa shape index (κ2) is 6.49. The summed E-state index contributed by atoms with van der Waals surface area (Å²) in [6, 6.07) is 5.70. The lowest BCUT2D eigenvalue weighted by molar-refractivity contribution is 0.175. The van der Waals surface area contributed by atoms with E-state index in [0.29, 0.717) is 0 Å². The third kappa shape index (κ3) is 3.79. The average molecular weight is 294 g/mol. The molecule has 0 spiro atoms. The molecule has 3 N–H and O–H groups in total. The Balaban J connectivity index is 1.88. The van der Waals surface area contributed by atoms with Crippen LogP contribution < -0.4 is 10.6 Å². The number of anilines is 1. The van der Waals surface area contributed by atoms with Crippen LogP contribution in [0.5, 0.6) is 0 Å². The van der Waals surface area contributed by atoms with Gasteiger partial charge in [-0.1, -0.05) is 6.07 Å². The van der Waals surface area contributed by atoms with E-state index in [9.17, 15) is 14.3 Å². The molecule has 1 unspecified atom stereocenters. The molecule has 0 aliphatic rings. The van der Waals surface area contributed by atoms with Gasteiger partial charge in [-0.05, 0) is 47.0 Å². The Kier molecular flexibility index (Phi) is 4.70. The molecule has 2 amide bonds. The number of carbonyl (C=O) groups is 1. The van der Waals surface area contributed by atoms with Crippen LogP contribution in [-0.2, 0) is 0 Å². The van der Waals surface area contributed by atoms with Gasteiger partial charge in [-0.15, -0.1) is 0 Å². The first-order valence-electron chi connectivity index (χ1n) is 6.07. The van der Waals surface area contributed by atoms with Crippen LogP contribution in [0.25, 0.3) is 0 Å². The number of halogens is 1. The molecule has 0 saturated heterocycles. The van der Waals surface area contributed by atoms with Gasteiger partial charge in [0.1, 0.15) is 5.82 Å². The van der Waals surface area contributed by atoms with Gasteiger partial charge >= 0.3 is 6.03 Å². The highest BCUT2D eigenvalue weighted by atomic mass is 32.1. The van der Waals surface area contributed by atoms with Gasteiger partial charge in [0.15, 0.2) is 0 Å². The van der Waals surface area contributed by atoms with Crippen molar-refractivity contribution in [3.63, 3.8) is 0 Å². The van der Waals surface area contributed by atoms with Crippen LogP contribution >= 0.6 is 11.3 Å². The zero-order valence-corrected chi connectivity index (χ0v) is 11.7. The van der Waals surface area contributed by atoms with Crippen LogP contribution in [0, 0.1) is 12.7 Å². The zero-order valence-electron chi connectivity index (χ0n) is 10.9. The van der Waals surface area contributed by atoms with Crippen molar-refractivity contribution < 1.29 is 14.3 Å². The van der Waals surface area contributed by atoms with Gasteiger partial charge in [0, 0.05) is 6.54 Å². The van der Waals surface area contributed by atoms with Crippen molar-refractivity contribution in [1.82, 2.24) is 5.32 Å². The second-order valence-electron chi connectivity index (χ2n) is 4.39. The lowest BCUT2D eigenvalue weighted by atomic mass is 10.2. The van der Waals surface area contributed by atoms with E-state index in [1.165, 1.54) is 17.4 Å². The number of aliphatic hydroxyl groups excluding tert-OH is 1. The van der Waals surface area contributed by atoms with Crippen molar-refractivity contribution in [3.8, 4) is 0 Å². The molecule has 6 heteroatoms. The Hall–Kier alpha value is -1.92. The highest BCUT2D eigenvalue weighted by Crippen LogP contribution is 2.16. The molecule has 0 aliphatic carbocycles. The molecule has 1 aromatic carbocycles. The predicted octanol–water partition coefficient (Wildman–Crippen LogP) is 3.05. The first-order chi connectivity index (χ1) is 9.56.